The Balaban J connectivity index is 1.79. The molecule has 0 atom stereocenters. The molecule has 1 aromatic heterocycles. The molecule has 2 rings (SSSR count). The van der Waals surface area contributed by atoms with Gasteiger partial charge in [0, 0.05) is 37.4 Å². The van der Waals surface area contributed by atoms with Gasteiger partial charge in [-0.2, -0.15) is 0 Å². The maximum absolute atomic E-state index is 12.2. The van der Waals surface area contributed by atoms with Crippen LogP contribution >= 0.6 is 11.3 Å². The van der Waals surface area contributed by atoms with Gasteiger partial charge in [0.15, 0.2) is 0 Å². The molecule has 2 amide bonds. The van der Waals surface area contributed by atoms with E-state index in [9.17, 15) is 14.4 Å². The van der Waals surface area contributed by atoms with E-state index in [2.05, 4.69) is 15.0 Å². The van der Waals surface area contributed by atoms with Crippen molar-refractivity contribution in [2.45, 2.75) is 58.0 Å². The first-order valence-corrected chi connectivity index (χ1v) is 10.4. The van der Waals surface area contributed by atoms with Crippen molar-refractivity contribution >= 4 is 29.3 Å². The fourth-order valence-corrected chi connectivity index (χ4v) is 3.81. The Kier molecular flexibility index (Phi) is 7.79. The van der Waals surface area contributed by atoms with Gasteiger partial charge in [-0.15, -0.1) is 11.3 Å². The van der Waals surface area contributed by atoms with Gasteiger partial charge in [-0.25, -0.2) is 9.78 Å². The molecule has 2 heterocycles. The zero-order chi connectivity index (χ0) is 20.7. The zero-order valence-corrected chi connectivity index (χ0v) is 17.8. The van der Waals surface area contributed by atoms with Crippen molar-refractivity contribution in [3.8, 4) is 0 Å². The lowest BCUT2D eigenvalue weighted by Crippen LogP contribution is -2.41. The summed E-state index contributed by atoms with van der Waals surface area (Å²) >= 11 is 1.47. The van der Waals surface area contributed by atoms with E-state index in [4.69, 9.17) is 4.74 Å². The molecule has 156 valence electrons. The molecule has 1 aromatic rings. The molecule has 1 aliphatic rings. The molecule has 9 heteroatoms. The van der Waals surface area contributed by atoms with Crippen LogP contribution in [0.4, 0.5) is 4.79 Å². The van der Waals surface area contributed by atoms with Crippen molar-refractivity contribution in [2.75, 3.05) is 26.7 Å². The van der Waals surface area contributed by atoms with Gasteiger partial charge in [0.25, 0.3) is 5.91 Å². The minimum Gasteiger partial charge on any atom is -0.469 e. The van der Waals surface area contributed by atoms with E-state index in [0.717, 1.165) is 17.8 Å². The van der Waals surface area contributed by atoms with Gasteiger partial charge in [-0.1, -0.05) is 0 Å². The Morgan fingerprint density at radius 3 is 2.57 bits per heavy atom. The first-order valence-electron chi connectivity index (χ1n) is 9.48. The van der Waals surface area contributed by atoms with Crippen LogP contribution < -0.4 is 5.32 Å². The number of aromatic nitrogens is 1. The summed E-state index contributed by atoms with van der Waals surface area (Å²) in [4.78, 5) is 41.6. The van der Waals surface area contributed by atoms with Crippen molar-refractivity contribution in [2.24, 2.45) is 0 Å². The minimum atomic E-state index is -0.498. The molecule has 8 nitrogen and oxygen atoms in total. The minimum absolute atomic E-state index is 0.237. The molecule has 0 spiro atoms. The van der Waals surface area contributed by atoms with Crippen molar-refractivity contribution in [1.29, 1.82) is 0 Å². The van der Waals surface area contributed by atoms with Crippen LogP contribution in [0, 0.1) is 0 Å². The third-order valence-electron chi connectivity index (χ3n) is 4.32. The molecular weight excluding hydrogens is 382 g/mol. The Hall–Kier alpha value is -2.16. The van der Waals surface area contributed by atoms with Gasteiger partial charge in [-0.3, -0.25) is 9.59 Å². The number of rotatable bonds is 6. The fraction of sp³-hybridized carbons (Fsp3) is 0.684. The van der Waals surface area contributed by atoms with Crippen LogP contribution in [-0.4, -0.2) is 60.2 Å². The van der Waals surface area contributed by atoms with Crippen LogP contribution in [0.5, 0.6) is 0 Å². The summed E-state index contributed by atoms with van der Waals surface area (Å²) in [6.45, 7) is 7.21. The van der Waals surface area contributed by atoms with E-state index < -0.39 is 5.60 Å². The predicted molar refractivity (Wildman–Crippen MR) is 105 cm³/mol. The molecule has 1 saturated heterocycles. The van der Waals surface area contributed by atoms with Crippen LogP contribution in [0.2, 0.25) is 0 Å². The average Bonchev–Trinajstić information content (AvgIpc) is 3.14. The molecular formula is C19H29N3O5S. The number of carbonyl (C=O) groups is 3. The molecule has 0 aromatic carbocycles. The molecule has 1 N–H and O–H groups in total. The van der Waals surface area contributed by atoms with Gasteiger partial charge in [0.05, 0.1) is 12.1 Å². The van der Waals surface area contributed by atoms with E-state index in [1.54, 1.807) is 10.3 Å². The third kappa shape index (κ3) is 6.78. The Morgan fingerprint density at radius 1 is 1.29 bits per heavy atom. The molecule has 0 aliphatic carbocycles. The van der Waals surface area contributed by atoms with Crippen molar-refractivity contribution in [1.82, 2.24) is 15.2 Å². The topological polar surface area (TPSA) is 97.8 Å². The standard InChI is InChI=1S/C19H29N3O5S/c1-19(2,3)27-18(25)22-10-7-13(8-11-22)17-21-14(12-28-17)16(24)20-9-5-6-15(23)26-4/h12-13H,5-11H2,1-4H3,(H,20,24). The van der Waals surface area contributed by atoms with Crippen molar-refractivity contribution in [3.05, 3.63) is 16.1 Å². The van der Waals surface area contributed by atoms with Crippen LogP contribution in [0.3, 0.4) is 0 Å². The number of ether oxygens (including phenoxy) is 2. The normalized spacial score (nSPS) is 15.2. The summed E-state index contributed by atoms with van der Waals surface area (Å²) in [6, 6.07) is 0. The van der Waals surface area contributed by atoms with Gasteiger partial charge in [-0.05, 0) is 40.0 Å². The first kappa shape index (κ1) is 22.1. The number of amides is 2. The maximum Gasteiger partial charge on any atom is 0.410 e. The number of nitrogens with one attached hydrogen (secondary N) is 1. The second-order valence-electron chi connectivity index (χ2n) is 7.75. The number of methoxy groups -OCH3 is 1. The van der Waals surface area contributed by atoms with Crippen LogP contribution in [-0.2, 0) is 14.3 Å². The summed E-state index contributed by atoms with van der Waals surface area (Å²) in [5.41, 5.74) is -0.102. The number of likely N-dealkylation sites (tertiary alicyclic amines) is 1. The number of piperidine rings is 1. The SMILES string of the molecule is COC(=O)CCCNC(=O)c1csc(C2CCN(C(=O)OC(C)(C)C)CC2)n1. The summed E-state index contributed by atoms with van der Waals surface area (Å²) in [5, 5.41) is 5.44. The number of carbonyl (C=O) groups excluding carboxylic acids is 3. The highest BCUT2D eigenvalue weighted by atomic mass is 32.1. The molecule has 28 heavy (non-hydrogen) atoms. The second kappa shape index (κ2) is 9.86. The Labute approximate surface area is 169 Å². The van der Waals surface area contributed by atoms with Crippen LogP contribution in [0.1, 0.15) is 67.9 Å². The van der Waals surface area contributed by atoms with E-state index in [1.165, 1.54) is 18.4 Å². The summed E-state index contributed by atoms with van der Waals surface area (Å²) < 4.78 is 9.98. The van der Waals surface area contributed by atoms with Crippen molar-refractivity contribution in [3.63, 3.8) is 0 Å². The highest BCUT2D eigenvalue weighted by molar-refractivity contribution is 7.09. The smallest absolute Gasteiger partial charge is 0.410 e. The van der Waals surface area contributed by atoms with Crippen molar-refractivity contribution < 1.29 is 23.9 Å². The van der Waals surface area contributed by atoms with Crippen LogP contribution in [0.25, 0.3) is 0 Å². The highest BCUT2D eigenvalue weighted by Crippen LogP contribution is 2.30. The number of hydrogen-bond donors (Lipinski definition) is 1. The Bertz CT molecular complexity index is 690. The summed E-state index contributed by atoms with van der Waals surface area (Å²) in [5.74, 6) is -0.286. The monoisotopic (exact) mass is 411 g/mol. The van der Waals surface area contributed by atoms with E-state index >= 15 is 0 Å². The molecule has 0 saturated carbocycles. The molecule has 0 unspecified atom stereocenters. The fourth-order valence-electron chi connectivity index (χ4n) is 2.84. The lowest BCUT2D eigenvalue weighted by atomic mass is 9.98. The van der Waals surface area contributed by atoms with Gasteiger partial charge in [0.1, 0.15) is 11.3 Å². The average molecular weight is 412 g/mol. The lowest BCUT2D eigenvalue weighted by molar-refractivity contribution is -0.140. The van der Waals surface area contributed by atoms with E-state index in [-0.39, 0.29) is 30.3 Å². The molecule has 1 fully saturated rings. The number of nitrogens with zero attached hydrogens (tertiary/aromatic N) is 2. The molecule has 0 bridgehead atoms. The second-order valence-corrected chi connectivity index (χ2v) is 8.64. The van der Waals surface area contributed by atoms with Crippen LogP contribution in [0.15, 0.2) is 5.38 Å². The van der Waals surface area contributed by atoms with Gasteiger partial charge >= 0.3 is 12.1 Å². The Morgan fingerprint density at radius 2 is 1.96 bits per heavy atom. The summed E-state index contributed by atoms with van der Waals surface area (Å²) in [7, 11) is 1.34. The zero-order valence-electron chi connectivity index (χ0n) is 16.9. The molecule has 1 aliphatic heterocycles. The lowest BCUT2D eigenvalue weighted by Gasteiger charge is -2.32. The largest absolute Gasteiger partial charge is 0.469 e. The van der Waals surface area contributed by atoms with Gasteiger partial charge < -0.3 is 19.7 Å². The molecule has 0 radical (unpaired) electrons. The first-order chi connectivity index (χ1) is 13.2. The predicted octanol–water partition coefficient (Wildman–Crippen LogP) is 2.94. The highest BCUT2D eigenvalue weighted by Gasteiger charge is 2.29. The summed E-state index contributed by atoms with van der Waals surface area (Å²) in [6.07, 6.45) is 2.12. The van der Waals surface area contributed by atoms with E-state index in [0.29, 0.717) is 31.7 Å². The number of esters is 1. The van der Waals surface area contributed by atoms with E-state index in [1.807, 2.05) is 20.8 Å². The maximum atomic E-state index is 12.2. The quantitative estimate of drug-likeness (QED) is 0.571. The van der Waals surface area contributed by atoms with Gasteiger partial charge in [0.2, 0.25) is 0 Å². The number of thiazole rings is 1. The number of hydrogen-bond acceptors (Lipinski definition) is 7. The third-order valence-corrected chi connectivity index (χ3v) is 5.33.